The molecule has 0 amide bonds. The van der Waals surface area contributed by atoms with E-state index in [4.69, 9.17) is 0 Å². The van der Waals surface area contributed by atoms with E-state index in [9.17, 15) is 4.79 Å². The molecule has 0 aliphatic heterocycles. The highest BCUT2D eigenvalue weighted by Crippen LogP contribution is 2.43. The Bertz CT molecular complexity index is 205. The minimum Gasteiger partial charge on any atom is -0.300 e. The van der Waals surface area contributed by atoms with E-state index in [-0.39, 0.29) is 0 Å². The molecule has 0 saturated heterocycles. The van der Waals surface area contributed by atoms with Gasteiger partial charge in [-0.2, -0.15) is 0 Å². The summed E-state index contributed by atoms with van der Waals surface area (Å²) >= 11 is 0. The fourth-order valence-corrected chi connectivity index (χ4v) is 2.35. The minimum atomic E-state index is 0.315. The van der Waals surface area contributed by atoms with E-state index in [0.29, 0.717) is 11.2 Å². The molecule has 0 radical (unpaired) electrons. The van der Waals surface area contributed by atoms with Crippen molar-refractivity contribution in [1.82, 2.24) is 0 Å². The third-order valence-electron chi connectivity index (χ3n) is 2.96. The molecule has 1 spiro atoms. The normalized spacial score (nSPS) is 36.9. The van der Waals surface area contributed by atoms with Gasteiger partial charge in [0.25, 0.3) is 0 Å². The molecule has 60 valence electrons. The molecule has 0 bridgehead atoms. The molecule has 11 heavy (non-hydrogen) atoms. The quantitative estimate of drug-likeness (QED) is 0.485. The maximum Gasteiger partial charge on any atom is 0.133 e. The zero-order valence-corrected chi connectivity index (χ0v) is 6.81. The number of ketones is 1. The van der Waals surface area contributed by atoms with Crippen LogP contribution in [0.15, 0.2) is 12.2 Å². The standard InChI is InChI=1S/C10H14O/c11-9-4-3-7-10(8-9)5-1-2-6-10/h1,5H,2-4,6-8H2. The summed E-state index contributed by atoms with van der Waals surface area (Å²) in [6.45, 7) is 0. The Morgan fingerprint density at radius 3 is 2.91 bits per heavy atom. The lowest BCUT2D eigenvalue weighted by atomic mass is 9.73. The van der Waals surface area contributed by atoms with E-state index in [2.05, 4.69) is 12.2 Å². The first-order chi connectivity index (χ1) is 5.31. The molecule has 1 unspecified atom stereocenters. The summed E-state index contributed by atoms with van der Waals surface area (Å²) in [6.07, 6.45) is 10.9. The van der Waals surface area contributed by atoms with Crippen LogP contribution in [-0.4, -0.2) is 5.78 Å². The first-order valence-corrected chi connectivity index (χ1v) is 4.50. The van der Waals surface area contributed by atoms with E-state index in [1.54, 1.807) is 0 Å². The lowest BCUT2D eigenvalue weighted by Crippen LogP contribution is -2.24. The van der Waals surface area contributed by atoms with Gasteiger partial charge in [0, 0.05) is 12.8 Å². The van der Waals surface area contributed by atoms with E-state index in [1.807, 2.05) is 0 Å². The van der Waals surface area contributed by atoms with Crippen LogP contribution in [0.1, 0.15) is 38.5 Å². The first kappa shape index (κ1) is 7.08. The third-order valence-corrected chi connectivity index (χ3v) is 2.96. The van der Waals surface area contributed by atoms with Gasteiger partial charge >= 0.3 is 0 Å². The van der Waals surface area contributed by atoms with Gasteiger partial charge in [0.15, 0.2) is 0 Å². The number of carbonyl (C=O) groups is 1. The van der Waals surface area contributed by atoms with Gasteiger partial charge in [-0.15, -0.1) is 0 Å². The average molecular weight is 150 g/mol. The lowest BCUT2D eigenvalue weighted by molar-refractivity contribution is -0.122. The van der Waals surface area contributed by atoms with Gasteiger partial charge in [-0.1, -0.05) is 12.2 Å². The molecule has 2 aliphatic rings. The molecular formula is C10H14O. The molecule has 0 aromatic carbocycles. The predicted octanol–water partition coefficient (Wildman–Crippen LogP) is 2.47. The molecule has 1 atom stereocenters. The highest BCUT2D eigenvalue weighted by molar-refractivity contribution is 5.80. The van der Waals surface area contributed by atoms with Crippen LogP contribution in [0.2, 0.25) is 0 Å². The Balaban J connectivity index is 2.12. The van der Waals surface area contributed by atoms with Gasteiger partial charge in [-0.3, -0.25) is 4.79 Å². The second-order valence-corrected chi connectivity index (χ2v) is 3.87. The summed E-state index contributed by atoms with van der Waals surface area (Å²) in [7, 11) is 0. The Hall–Kier alpha value is -0.590. The third kappa shape index (κ3) is 1.24. The largest absolute Gasteiger partial charge is 0.300 e. The Kier molecular flexibility index (Phi) is 1.59. The number of rotatable bonds is 0. The zero-order valence-electron chi connectivity index (χ0n) is 6.81. The molecule has 0 heterocycles. The SMILES string of the molecule is O=C1CCCC2(C=CCC2)C1. The number of Topliss-reactive ketones (excluding diaryl/α,β-unsaturated/α-hetero) is 1. The molecule has 0 aromatic heterocycles. The van der Waals surface area contributed by atoms with E-state index in [1.165, 1.54) is 19.3 Å². The molecule has 1 heteroatoms. The van der Waals surface area contributed by atoms with Crippen LogP contribution in [-0.2, 0) is 4.79 Å². The van der Waals surface area contributed by atoms with Gasteiger partial charge < -0.3 is 0 Å². The summed E-state index contributed by atoms with van der Waals surface area (Å²) in [4.78, 5) is 11.2. The zero-order chi connectivity index (χ0) is 7.73. The predicted molar refractivity (Wildman–Crippen MR) is 44.3 cm³/mol. The number of hydrogen-bond donors (Lipinski definition) is 0. The van der Waals surface area contributed by atoms with E-state index < -0.39 is 0 Å². The maximum atomic E-state index is 11.2. The van der Waals surface area contributed by atoms with Crippen molar-refractivity contribution in [2.75, 3.05) is 0 Å². The van der Waals surface area contributed by atoms with Crippen molar-refractivity contribution in [3.8, 4) is 0 Å². The first-order valence-electron chi connectivity index (χ1n) is 4.50. The van der Waals surface area contributed by atoms with Gasteiger partial charge in [0.2, 0.25) is 0 Å². The molecule has 2 aliphatic carbocycles. The van der Waals surface area contributed by atoms with Crippen molar-refractivity contribution >= 4 is 5.78 Å². The second-order valence-electron chi connectivity index (χ2n) is 3.87. The summed E-state index contributed by atoms with van der Waals surface area (Å²) in [5.41, 5.74) is 0.315. The monoisotopic (exact) mass is 150 g/mol. The van der Waals surface area contributed by atoms with Crippen molar-refractivity contribution in [2.24, 2.45) is 5.41 Å². The fraction of sp³-hybridized carbons (Fsp3) is 0.700. The topological polar surface area (TPSA) is 17.1 Å². The molecule has 0 aromatic rings. The highest BCUT2D eigenvalue weighted by atomic mass is 16.1. The van der Waals surface area contributed by atoms with E-state index >= 15 is 0 Å². The van der Waals surface area contributed by atoms with Crippen LogP contribution >= 0.6 is 0 Å². The van der Waals surface area contributed by atoms with Crippen molar-refractivity contribution in [1.29, 1.82) is 0 Å². The molecule has 2 rings (SSSR count). The van der Waals surface area contributed by atoms with Gasteiger partial charge in [-0.25, -0.2) is 0 Å². The Morgan fingerprint density at radius 1 is 1.36 bits per heavy atom. The fourth-order valence-electron chi connectivity index (χ4n) is 2.35. The van der Waals surface area contributed by atoms with Gasteiger partial charge in [0.05, 0.1) is 0 Å². The summed E-state index contributed by atoms with van der Waals surface area (Å²) < 4.78 is 0. The highest BCUT2D eigenvalue weighted by Gasteiger charge is 2.34. The number of allylic oxidation sites excluding steroid dienone is 2. The van der Waals surface area contributed by atoms with Crippen LogP contribution in [0.5, 0.6) is 0 Å². The van der Waals surface area contributed by atoms with Gasteiger partial charge in [0.1, 0.15) is 5.78 Å². The summed E-state index contributed by atoms with van der Waals surface area (Å²) in [5.74, 6) is 0.475. The number of carbonyl (C=O) groups excluding carboxylic acids is 1. The Morgan fingerprint density at radius 2 is 2.27 bits per heavy atom. The minimum absolute atomic E-state index is 0.315. The molecular weight excluding hydrogens is 136 g/mol. The Labute approximate surface area is 67.5 Å². The maximum absolute atomic E-state index is 11.2. The van der Waals surface area contributed by atoms with Gasteiger partial charge in [-0.05, 0) is 31.1 Å². The van der Waals surface area contributed by atoms with Crippen LogP contribution in [0.25, 0.3) is 0 Å². The van der Waals surface area contributed by atoms with Crippen LogP contribution < -0.4 is 0 Å². The van der Waals surface area contributed by atoms with Crippen molar-refractivity contribution in [3.63, 3.8) is 0 Å². The van der Waals surface area contributed by atoms with Crippen LogP contribution in [0.3, 0.4) is 0 Å². The summed E-state index contributed by atoms with van der Waals surface area (Å²) in [6, 6.07) is 0. The van der Waals surface area contributed by atoms with Crippen molar-refractivity contribution < 1.29 is 4.79 Å². The smallest absolute Gasteiger partial charge is 0.133 e. The lowest BCUT2D eigenvalue weighted by Gasteiger charge is -2.30. The van der Waals surface area contributed by atoms with Crippen molar-refractivity contribution in [3.05, 3.63) is 12.2 Å². The molecule has 1 saturated carbocycles. The average Bonchev–Trinajstić information content (AvgIpc) is 2.37. The van der Waals surface area contributed by atoms with Crippen molar-refractivity contribution in [2.45, 2.75) is 38.5 Å². The number of hydrogen-bond acceptors (Lipinski definition) is 1. The van der Waals surface area contributed by atoms with Crippen LogP contribution in [0, 0.1) is 5.41 Å². The molecule has 1 fully saturated rings. The second kappa shape index (κ2) is 2.47. The van der Waals surface area contributed by atoms with E-state index in [0.717, 1.165) is 19.3 Å². The molecule has 0 N–H and O–H groups in total. The van der Waals surface area contributed by atoms with Crippen LogP contribution in [0.4, 0.5) is 0 Å². The summed E-state index contributed by atoms with van der Waals surface area (Å²) in [5, 5.41) is 0. The molecule has 1 nitrogen and oxygen atoms in total.